The van der Waals surface area contributed by atoms with E-state index in [9.17, 15) is 9.59 Å². The van der Waals surface area contributed by atoms with Crippen LogP contribution in [0.1, 0.15) is 56.9 Å². The maximum atomic E-state index is 13.1. The van der Waals surface area contributed by atoms with Crippen LogP contribution in [0.3, 0.4) is 0 Å². The molecular formula is C21H26N2O4. The quantitative estimate of drug-likeness (QED) is 0.818. The summed E-state index contributed by atoms with van der Waals surface area (Å²) >= 11 is 0. The highest BCUT2D eigenvalue weighted by Crippen LogP contribution is 2.36. The number of Topliss-reactive ketones (excluding diaryl/α,β-unsaturated/α-hetero) is 1. The third kappa shape index (κ3) is 3.44. The van der Waals surface area contributed by atoms with Gasteiger partial charge < -0.3 is 19.4 Å². The topological polar surface area (TPSA) is 71.6 Å². The van der Waals surface area contributed by atoms with E-state index in [0.29, 0.717) is 24.3 Å². The van der Waals surface area contributed by atoms with Crippen LogP contribution in [0.25, 0.3) is 0 Å². The zero-order valence-electron chi connectivity index (χ0n) is 16.5. The maximum Gasteiger partial charge on any atom is 0.255 e. The molecule has 1 aromatic carbocycles. The third-order valence-electron chi connectivity index (χ3n) is 5.36. The number of hydrogen-bond donors (Lipinski definition) is 1. The minimum atomic E-state index is -0.0601. The van der Waals surface area contributed by atoms with Crippen molar-refractivity contribution < 1.29 is 19.1 Å². The number of methoxy groups -OCH3 is 2. The number of ether oxygens (including phenoxy) is 2. The van der Waals surface area contributed by atoms with E-state index in [1.165, 1.54) is 6.92 Å². The average molecular weight is 370 g/mol. The third-order valence-corrected chi connectivity index (χ3v) is 5.36. The molecule has 1 unspecified atom stereocenters. The molecule has 1 amide bonds. The lowest BCUT2D eigenvalue weighted by atomic mass is 9.97. The fourth-order valence-corrected chi connectivity index (χ4v) is 3.94. The summed E-state index contributed by atoms with van der Waals surface area (Å²) < 4.78 is 10.8. The Bertz CT molecular complexity index is 885. The van der Waals surface area contributed by atoms with E-state index in [-0.39, 0.29) is 17.6 Å². The van der Waals surface area contributed by atoms with E-state index in [1.54, 1.807) is 14.2 Å². The first kappa shape index (κ1) is 19.0. The lowest BCUT2D eigenvalue weighted by Crippen LogP contribution is -2.29. The number of aromatic amines is 1. The van der Waals surface area contributed by atoms with E-state index >= 15 is 0 Å². The number of rotatable bonds is 5. The molecule has 1 N–H and O–H groups in total. The average Bonchev–Trinajstić information content (AvgIpc) is 3.25. The molecular weight excluding hydrogens is 344 g/mol. The molecule has 1 fully saturated rings. The normalized spacial score (nSPS) is 16.5. The fourth-order valence-electron chi connectivity index (χ4n) is 3.94. The summed E-state index contributed by atoms with van der Waals surface area (Å²) in [5, 5.41) is 0. The van der Waals surface area contributed by atoms with Crippen molar-refractivity contribution in [1.82, 2.24) is 9.88 Å². The lowest BCUT2D eigenvalue weighted by molar-refractivity contribution is 0.0789. The molecule has 144 valence electrons. The van der Waals surface area contributed by atoms with Crippen molar-refractivity contribution in [1.29, 1.82) is 0 Å². The van der Waals surface area contributed by atoms with Gasteiger partial charge in [0, 0.05) is 37.2 Å². The minimum Gasteiger partial charge on any atom is -0.497 e. The Hall–Kier alpha value is -2.76. The zero-order valence-corrected chi connectivity index (χ0v) is 16.5. The number of ketones is 1. The van der Waals surface area contributed by atoms with Gasteiger partial charge in [-0.2, -0.15) is 0 Å². The van der Waals surface area contributed by atoms with Crippen molar-refractivity contribution >= 4 is 11.7 Å². The summed E-state index contributed by atoms with van der Waals surface area (Å²) in [4.78, 5) is 29.8. The van der Waals surface area contributed by atoms with Gasteiger partial charge in [-0.1, -0.05) is 0 Å². The molecule has 1 atom stereocenters. The molecule has 0 spiro atoms. The van der Waals surface area contributed by atoms with E-state index in [2.05, 4.69) is 4.98 Å². The van der Waals surface area contributed by atoms with Gasteiger partial charge in [0.15, 0.2) is 5.78 Å². The predicted octanol–water partition coefficient (Wildman–Crippen LogP) is 3.48. The van der Waals surface area contributed by atoms with Crippen LogP contribution in [-0.2, 0) is 0 Å². The number of aromatic nitrogens is 1. The molecule has 0 saturated carbocycles. The van der Waals surface area contributed by atoms with Gasteiger partial charge in [-0.25, -0.2) is 0 Å². The summed E-state index contributed by atoms with van der Waals surface area (Å²) in [6.07, 6.45) is 0.858. The highest BCUT2D eigenvalue weighted by molar-refractivity contribution is 6.02. The van der Waals surface area contributed by atoms with E-state index in [0.717, 1.165) is 34.7 Å². The van der Waals surface area contributed by atoms with Crippen molar-refractivity contribution in [3.05, 3.63) is 46.3 Å². The number of amides is 1. The predicted molar refractivity (Wildman–Crippen MR) is 103 cm³/mol. The molecule has 0 aliphatic carbocycles. The van der Waals surface area contributed by atoms with Gasteiger partial charge in [0.05, 0.1) is 25.5 Å². The van der Waals surface area contributed by atoms with E-state index in [1.807, 2.05) is 36.9 Å². The van der Waals surface area contributed by atoms with Crippen molar-refractivity contribution in [2.24, 2.45) is 0 Å². The van der Waals surface area contributed by atoms with Crippen LogP contribution in [0.4, 0.5) is 0 Å². The van der Waals surface area contributed by atoms with Gasteiger partial charge in [0.2, 0.25) is 0 Å². The Labute approximate surface area is 159 Å². The Kier molecular flexibility index (Phi) is 5.26. The summed E-state index contributed by atoms with van der Waals surface area (Å²) in [5.74, 6) is 1.68. The summed E-state index contributed by atoms with van der Waals surface area (Å²) in [5.41, 5.74) is 3.65. The monoisotopic (exact) mass is 370 g/mol. The molecule has 27 heavy (non-hydrogen) atoms. The summed E-state index contributed by atoms with van der Waals surface area (Å²) in [6.45, 7) is 6.45. The number of carbonyl (C=O) groups excluding carboxylic acids is 2. The molecule has 3 rings (SSSR count). The highest BCUT2D eigenvalue weighted by Gasteiger charge is 2.32. The summed E-state index contributed by atoms with van der Waals surface area (Å²) in [6, 6.07) is 5.76. The molecule has 1 saturated heterocycles. The van der Waals surface area contributed by atoms with Crippen LogP contribution < -0.4 is 9.47 Å². The number of nitrogens with zero attached hydrogens (tertiary/aromatic N) is 1. The number of benzene rings is 1. The van der Waals surface area contributed by atoms with Crippen LogP contribution in [-0.4, -0.2) is 48.9 Å². The molecule has 2 heterocycles. The van der Waals surface area contributed by atoms with Gasteiger partial charge in [0.1, 0.15) is 11.5 Å². The van der Waals surface area contributed by atoms with Gasteiger partial charge in [-0.05, 0) is 44.0 Å². The number of nitrogens with one attached hydrogen (secondary N) is 1. The Balaban J connectivity index is 1.85. The Morgan fingerprint density at radius 1 is 1.19 bits per heavy atom. The zero-order chi connectivity index (χ0) is 19.7. The first-order chi connectivity index (χ1) is 12.9. The second-order valence-corrected chi connectivity index (χ2v) is 7.03. The molecule has 6 nitrogen and oxygen atoms in total. The second-order valence-electron chi connectivity index (χ2n) is 7.03. The number of H-pyrrole nitrogens is 1. The molecule has 0 radical (unpaired) electrons. The first-order valence-electron chi connectivity index (χ1n) is 9.08. The van der Waals surface area contributed by atoms with Gasteiger partial charge in [-0.15, -0.1) is 0 Å². The number of likely N-dealkylation sites (tertiary alicyclic amines) is 1. The number of aryl methyl sites for hydroxylation is 1. The van der Waals surface area contributed by atoms with Crippen LogP contribution in [0.2, 0.25) is 0 Å². The van der Waals surface area contributed by atoms with Crippen LogP contribution in [0.15, 0.2) is 18.2 Å². The summed E-state index contributed by atoms with van der Waals surface area (Å²) in [7, 11) is 3.29. The van der Waals surface area contributed by atoms with Crippen molar-refractivity contribution in [3.8, 4) is 11.5 Å². The van der Waals surface area contributed by atoms with E-state index in [4.69, 9.17) is 9.47 Å². The lowest BCUT2D eigenvalue weighted by Gasteiger charge is -2.19. The Morgan fingerprint density at radius 3 is 2.52 bits per heavy atom. The largest absolute Gasteiger partial charge is 0.497 e. The van der Waals surface area contributed by atoms with Crippen molar-refractivity contribution in [2.45, 2.75) is 33.1 Å². The molecule has 6 heteroatoms. The number of carbonyl (C=O) groups is 2. The molecule has 1 aliphatic rings. The standard InChI is InChI=1S/C21H26N2O4/c1-12-19(13(2)22-20(12)14(3)24)21(25)23-9-8-15(11-23)17-10-16(26-4)6-7-18(17)27-5/h6-7,10,15,22H,8-9,11H2,1-5H3. The molecule has 1 aliphatic heterocycles. The SMILES string of the molecule is COc1ccc(OC)c(C2CCN(C(=O)c3c(C)[nH]c(C(C)=O)c3C)C2)c1. The van der Waals surface area contributed by atoms with Gasteiger partial charge in [-0.3, -0.25) is 9.59 Å². The van der Waals surface area contributed by atoms with Crippen LogP contribution in [0.5, 0.6) is 11.5 Å². The van der Waals surface area contributed by atoms with Crippen molar-refractivity contribution in [3.63, 3.8) is 0 Å². The fraction of sp³-hybridized carbons (Fsp3) is 0.429. The Morgan fingerprint density at radius 2 is 1.93 bits per heavy atom. The van der Waals surface area contributed by atoms with E-state index < -0.39 is 0 Å². The highest BCUT2D eigenvalue weighted by atomic mass is 16.5. The second kappa shape index (κ2) is 7.47. The van der Waals surface area contributed by atoms with Crippen molar-refractivity contribution in [2.75, 3.05) is 27.3 Å². The van der Waals surface area contributed by atoms with Gasteiger partial charge in [0.25, 0.3) is 5.91 Å². The van der Waals surface area contributed by atoms with Crippen LogP contribution in [0, 0.1) is 13.8 Å². The van der Waals surface area contributed by atoms with Gasteiger partial charge >= 0.3 is 0 Å². The molecule has 1 aromatic heterocycles. The minimum absolute atomic E-state index is 0.0295. The maximum absolute atomic E-state index is 13.1. The molecule has 2 aromatic rings. The van der Waals surface area contributed by atoms with Crippen LogP contribution >= 0.6 is 0 Å². The first-order valence-corrected chi connectivity index (χ1v) is 9.08. The smallest absolute Gasteiger partial charge is 0.255 e. The molecule has 0 bridgehead atoms. The number of hydrogen-bond acceptors (Lipinski definition) is 4.